The highest BCUT2D eigenvalue weighted by atomic mass is 28.4. The zero-order chi connectivity index (χ0) is 20.6. The van der Waals surface area contributed by atoms with Crippen molar-refractivity contribution in [2.24, 2.45) is 16.7 Å². The van der Waals surface area contributed by atoms with Gasteiger partial charge in [0.2, 0.25) is 0 Å². The molecule has 0 saturated carbocycles. The van der Waals surface area contributed by atoms with Gasteiger partial charge in [0, 0.05) is 17.9 Å². The van der Waals surface area contributed by atoms with Crippen LogP contribution in [0.5, 0.6) is 0 Å². The van der Waals surface area contributed by atoms with Crippen LogP contribution in [-0.4, -0.2) is 38.7 Å². The Bertz CT molecular complexity index is 539. The van der Waals surface area contributed by atoms with Crippen LogP contribution < -0.4 is 0 Å². The SMILES string of the molecule is CC1=CC[C@H](O)[C@@](C)(CO[Si](C)(C)C(C)(C)C)[C@@H]1COC(=O)C(C)(C)C. The third-order valence-electron chi connectivity index (χ3n) is 6.31. The molecule has 1 aliphatic rings. The van der Waals surface area contributed by atoms with Crippen molar-refractivity contribution in [3.63, 3.8) is 0 Å². The summed E-state index contributed by atoms with van der Waals surface area (Å²) in [5, 5.41) is 10.9. The van der Waals surface area contributed by atoms with Gasteiger partial charge in [0.1, 0.15) is 0 Å². The molecule has 26 heavy (non-hydrogen) atoms. The van der Waals surface area contributed by atoms with Crippen LogP contribution in [0, 0.1) is 16.7 Å². The molecular weight excluding hydrogens is 344 g/mol. The van der Waals surface area contributed by atoms with E-state index >= 15 is 0 Å². The number of aliphatic hydroxyl groups excluding tert-OH is 1. The third kappa shape index (κ3) is 5.20. The van der Waals surface area contributed by atoms with Gasteiger partial charge in [-0.15, -0.1) is 0 Å². The highest BCUT2D eigenvalue weighted by Crippen LogP contribution is 2.45. The quantitative estimate of drug-likeness (QED) is 0.415. The Balaban J connectivity index is 2.99. The predicted molar refractivity (Wildman–Crippen MR) is 110 cm³/mol. The fourth-order valence-electron chi connectivity index (χ4n) is 2.91. The van der Waals surface area contributed by atoms with Gasteiger partial charge in [-0.05, 0) is 52.2 Å². The number of esters is 1. The second-order valence-electron chi connectivity index (χ2n) is 10.7. The Morgan fingerprint density at radius 2 is 1.81 bits per heavy atom. The molecule has 0 saturated heterocycles. The average molecular weight is 385 g/mol. The zero-order valence-electron chi connectivity index (χ0n) is 18.5. The molecule has 0 heterocycles. The minimum Gasteiger partial charge on any atom is -0.465 e. The van der Waals surface area contributed by atoms with E-state index in [0.29, 0.717) is 13.0 Å². The Morgan fingerprint density at radius 3 is 2.27 bits per heavy atom. The molecule has 0 aromatic rings. The van der Waals surface area contributed by atoms with Crippen molar-refractivity contribution in [1.29, 1.82) is 0 Å². The fraction of sp³-hybridized carbons (Fsp3) is 0.857. The standard InChI is InChI=1S/C21H40O4Si/c1-15-11-12-17(22)21(8,14-25-26(9,10)20(5,6)7)16(15)13-24-18(23)19(2,3)4/h11,16-17,22H,12-14H2,1-10H3/t16-,17+,21+/m1/s1. The average Bonchev–Trinajstić information content (AvgIpc) is 2.47. The Kier molecular flexibility index (Phi) is 6.98. The van der Waals surface area contributed by atoms with E-state index in [1.807, 2.05) is 20.8 Å². The predicted octanol–water partition coefficient (Wildman–Crippen LogP) is 4.93. The maximum Gasteiger partial charge on any atom is 0.311 e. The lowest BCUT2D eigenvalue weighted by Gasteiger charge is -2.47. The van der Waals surface area contributed by atoms with Gasteiger partial charge in [-0.1, -0.05) is 39.3 Å². The van der Waals surface area contributed by atoms with Gasteiger partial charge < -0.3 is 14.3 Å². The molecule has 3 atom stereocenters. The normalized spacial score (nSPS) is 27.9. The largest absolute Gasteiger partial charge is 0.465 e. The molecule has 0 aromatic carbocycles. The molecular formula is C21H40O4Si. The highest BCUT2D eigenvalue weighted by molar-refractivity contribution is 6.74. The van der Waals surface area contributed by atoms with Gasteiger partial charge in [-0.3, -0.25) is 4.79 Å². The summed E-state index contributed by atoms with van der Waals surface area (Å²) in [6, 6.07) is 0. The smallest absolute Gasteiger partial charge is 0.311 e. The highest BCUT2D eigenvalue weighted by Gasteiger charge is 2.47. The summed E-state index contributed by atoms with van der Waals surface area (Å²) in [6.07, 6.45) is 2.18. The summed E-state index contributed by atoms with van der Waals surface area (Å²) in [7, 11) is -1.93. The molecule has 1 rings (SSSR count). The van der Waals surface area contributed by atoms with Crippen molar-refractivity contribution < 1.29 is 19.1 Å². The number of ether oxygens (including phenoxy) is 1. The minimum absolute atomic E-state index is 0.0395. The number of rotatable bonds is 5. The molecule has 4 nitrogen and oxygen atoms in total. The Morgan fingerprint density at radius 1 is 1.27 bits per heavy atom. The van der Waals surface area contributed by atoms with Crippen molar-refractivity contribution in [2.45, 2.75) is 86.0 Å². The molecule has 0 fully saturated rings. The molecule has 0 radical (unpaired) electrons. The Hall–Kier alpha value is -0.653. The first-order chi connectivity index (χ1) is 11.5. The zero-order valence-corrected chi connectivity index (χ0v) is 19.5. The number of aliphatic hydroxyl groups is 1. The minimum atomic E-state index is -1.93. The van der Waals surface area contributed by atoms with Gasteiger partial charge in [-0.2, -0.15) is 0 Å². The lowest BCUT2D eigenvalue weighted by atomic mass is 9.66. The molecule has 0 aliphatic heterocycles. The second kappa shape index (κ2) is 7.76. The maximum atomic E-state index is 12.2. The van der Waals surface area contributed by atoms with E-state index in [1.165, 1.54) is 5.57 Å². The molecule has 1 aliphatic carbocycles. The van der Waals surface area contributed by atoms with Crippen molar-refractivity contribution in [3.05, 3.63) is 11.6 Å². The van der Waals surface area contributed by atoms with Crippen LogP contribution in [0.3, 0.4) is 0 Å². The molecule has 0 amide bonds. The number of hydrogen-bond donors (Lipinski definition) is 1. The van der Waals surface area contributed by atoms with Crippen LogP contribution in [0.4, 0.5) is 0 Å². The van der Waals surface area contributed by atoms with E-state index < -0.39 is 25.3 Å². The molecule has 0 aromatic heterocycles. The van der Waals surface area contributed by atoms with Gasteiger partial charge in [0.15, 0.2) is 8.32 Å². The number of hydrogen-bond acceptors (Lipinski definition) is 4. The van der Waals surface area contributed by atoms with Crippen LogP contribution in [0.2, 0.25) is 18.1 Å². The summed E-state index contributed by atoms with van der Waals surface area (Å²) in [6.45, 7) is 21.6. The summed E-state index contributed by atoms with van der Waals surface area (Å²) in [5.41, 5.74) is 0.171. The van der Waals surface area contributed by atoms with Gasteiger partial charge in [0.25, 0.3) is 0 Å². The first-order valence-corrected chi connectivity index (χ1v) is 12.6. The molecule has 5 heteroatoms. The van der Waals surface area contributed by atoms with Crippen LogP contribution in [0.25, 0.3) is 0 Å². The van der Waals surface area contributed by atoms with Gasteiger partial charge >= 0.3 is 5.97 Å². The molecule has 0 spiro atoms. The molecule has 0 unspecified atom stereocenters. The summed E-state index contributed by atoms with van der Waals surface area (Å²) < 4.78 is 12.1. The summed E-state index contributed by atoms with van der Waals surface area (Å²) in [5.74, 6) is -0.250. The van der Waals surface area contributed by atoms with Crippen molar-refractivity contribution in [3.8, 4) is 0 Å². The lowest BCUT2D eigenvalue weighted by Crippen LogP contribution is -2.51. The number of carbonyl (C=O) groups excluding carboxylic acids is 1. The Labute approximate surface area is 161 Å². The summed E-state index contributed by atoms with van der Waals surface area (Å²) in [4.78, 5) is 12.2. The van der Waals surface area contributed by atoms with Crippen molar-refractivity contribution >= 4 is 14.3 Å². The topological polar surface area (TPSA) is 55.8 Å². The van der Waals surface area contributed by atoms with Gasteiger partial charge in [-0.25, -0.2) is 0 Å². The monoisotopic (exact) mass is 384 g/mol. The van der Waals surface area contributed by atoms with E-state index in [4.69, 9.17) is 9.16 Å². The first-order valence-electron chi connectivity index (χ1n) is 9.68. The molecule has 1 N–H and O–H groups in total. The van der Waals surface area contributed by atoms with E-state index in [9.17, 15) is 9.90 Å². The fourth-order valence-corrected chi connectivity index (χ4v) is 4.01. The maximum absolute atomic E-state index is 12.2. The second-order valence-corrected chi connectivity index (χ2v) is 15.5. The van der Waals surface area contributed by atoms with Crippen LogP contribution in [0.1, 0.15) is 61.8 Å². The van der Waals surface area contributed by atoms with Crippen LogP contribution in [0.15, 0.2) is 11.6 Å². The van der Waals surface area contributed by atoms with Crippen LogP contribution in [-0.2, 0) is 14.0 Å². The third-order valence-corrected chi connectivity index (χ3v) is 10.8. The molecule has 0 bridgehead atoms. The lowest BCUT2D eigenvalue weighted by molar-refractivity contribution is -0.157. The summed E-state index contributed by atoms with van der Waals surface area (Å²) >= 11 is 0. The van der Waals surface area contributed by atoms with E-state index in [0.717, 1.165) is 0 Å². The van der Waals surface area contributed by atoms with Crippen LogP contribution >= 0.6 is 0 Å². The van der Waals surface area contributed by atoms with E-state index in [2.05, 4.69) is 53.8 Å². The van der Waals surface area contributed by atoms with E-state index in [1.54, 1.807) is 0 Å². The van der Waals surface area contributed by atoms with Crippen molar-refractivity contribution in [1.82, 2.24) is 0 Å². The number of carbonyl (C=O) groups is 1. The van der Waals surface area contributed by atoms with Crippen molar-refractivity contribution in [2.75, 3.05) is 13.2 Å². The van der Waals surface area contributed by atoms with Gasteiger partial charge in [0.05, 0.1) is 18.1 Å². The molecule has 152 valence electrons. The first kappa shape index (κ1) is 23.4. The van der Waals surface area contributed by atoms with E-state index in [-0.39, 0.29) is 23.5 Å².